The minimum atomic E-state index is -0.939. The predicted octanol–water partition coefficient (Wildman–Crippen LogP) is 0.768. The zero-order chi connectivity index (χ0) is 14.9. The molecule has 8 nitrogen and oxygen atoms in total. The number of amides is 1. The number of hydrogen-bond donors (Lipinski definition) is 1. The van der Waals surface area contributed by atoms with Gasteiger partial charge in [-0.05, 0) is 20.8 Å². The number of carbonyl (C=O) groups excluding carboxylic acids is 1. The molecule has 1 atom stereocenters. The average Bonchev–Trinajstić information content (AvgIpc) is 2.88. The van der Waals surface area contributed by atoms with Crippen LogP contribution in [0, 0.1) is 10.1 Å². The molecule has 1 aromatic heterocycles. The number of nitro groups is 1. The molecule has 1 saturated heterocycles. The first-order chi connectivity index (χ1) is 9.32. The fraction of sp³-hybridized carbons (Fsp3) is 0.667. The van der Waals surface area contributed by atoms with E-state index >= 15 is 0 Å². The summed E-state index contributed by atoms with van der Waals surface area (Å²) in [4.78, 5) is 24.6. The first-order valence-corrected chi connectivity index (χ1v) is 6.54. The maximum absolute atomic E-state index is 12.6. The van der Waals surface area contributed by atoms with Gasteiger partial charge >= 0.3 is 5.69 Å². The topological polar surface area (TPSA) is 93.3 Å². The Kier molecular flexibility index (Phi) is 5.30. The molecule has 1 fully saturated rings. The Morgan fingerprint density at radius 2 is 2.24 bits per heavy atom. The monoisotopic (exact) mass is 317 g/mol. The average molecular weight is 318 g/mol. The fourth-order valence-electron chi connectivity index (χ4n) is 2.32. The third kappa shape index (κ3) is 3.51. The maximum Gasteiger partial charge on any atom is 0.307 e. The molecule has 1 aliphatic rings. The third-order valence-electron chi connectivity index (χ3n) is 3.53. The van der Waals surface area contributed by atoms with Gasteiger partial charge in [0.2, 0.25) is 5.91 Å². The van der Waals surface area contributed by atoms with Gasteiger partial charge in [0.1, 0.15) is 17.9 Å². The zero-order valence-electron chi connectivity index (χ0n) is 12.3. The fourth-order valence-corrected chi connectivity index (χ4v) is 2.32. The van der Waals surface area contributed by atoms with Gasteiger partial charge in [-0.15, -0.1) is 12.4 Å². The first kappa shape index (κ1) is 17.4. The van der Waals surface area contributed by atoms with Gasteiger partial charge in [0, 0.05) is 25.7 Å². The van der Waals surface area contributed by atoms with Gasteiger partial charge in [-0.3, -0.25) is 19.6 Å². The van der Waals surface area contributed by atoms with Crippen LogP contribution < -0.4 is 5.32 Å². The van der Waals surface area contributed by atoms with Crippen LogP contribution in [0.3, 0.4) is 0 Å². The number of rotatable bonds is 3. The van der Waals surface area contributed by atoms with Gasteiger partial charge in [0.05, 0.1) is 4.92 Å². The summed E-state index contributed by atoms with van der Waals surface area (Å²) in [7, 11) is 0. The number of carbonyl (C=O) groups is 1. The summed E-state index contributed by atoms with van der Waals surface area (Å²) in [5, 5.41) is 17.9. The van der Waals surface area contributed by atoms with E-state index in [1.807, 2.05) is 6.92 Å². The van der Waals surface area contributed by atoms with Crippen LogP contribution in [0.1, 0.15) is 20.8 Å². The summed E-state index contributed by atoms with van der Waals surface area (Å²) in [5.41, 5.74) is -1.05. The van der Waals surface area contributed by atoms with Crippen LogP contribution >= 0.6 is 12.4 Å². The molecule has 0 saturated carbocycles. The molecule has 2 rings (SSSR count). The lowest BCUT2D eigenvalue weighted by Gasteiger charge is -2.37. The van der Waals surface area contributed by atoms with Crippen molar-refractivity contribution in [1.82, 2.24) is 20.0 Å². The summed E-state index contributed by atoms with van der Waals surface area (Å²) in [6.07, 6.45) is 2.46. The molecule has 0 radical (unpaired) electrons. The molecular formula is C12H20ClN5O3. The Labute approximate surface area is 129 Å². The van der Waals surface area contributed by atoms with Crippen LogP contribution in [-0.2, 0) is 10.3 Å². The smallest absolute Gasteiger partial charge is 0.307 e. The van der Waals surface area contributed by atoms with Crippen molar-refractivity contribution in [3.8, 4) is 0 Å². The van der Waals surface area contributed by atoms with E-state index in [1.54, 1.807) is 18.7 Å². The molecule has 1 unspecified atom stereocenters. The van der Waals surface area contributed by atoms with E-state index in [-0.39, 0.29) is 30.0 Å². The van der Waals surface area contributed by atoms with Crippen molar-refractivity contribution in [3.63, 3.8) is 0 Å². The lowest BCUT2D eigenvalue weighted by molar-refractivity contribution is -0.385. The predicted molar refractivity (Wildman–Crippen MR) is 79.5 cm³/mol. The Morgan fingerprint density at radius 3 is 2.76 bits per heavy atom. The van der Waals surface area contributed by atoms with Crippen LogP contribution in [-0.4, -0.2) is 51.2 Å². The quantitative estimate of drug-likeness (QED) is 0.656. The summed E-state index contributed by atoms with van der Waals surface area (Å²) in [6, 6.07) is 0.246. The highest BCUT2D eigenvalue weighted by atomic mass is 35.5. The van der Waals surface area contributed by atoms with Crippen molar-refractivity contribution in [2.45, 2.75) is 32.4 Å². The maximum atomic E-state index is 12.6. The third-order valence-corrected chi connectivity index (χ3v) is 3.53. The van der Waals surface area contributed by atoms with Crippen molar-refractivity contribution in [2.24, 2.45) is 0 Å². The Hall–Kier alpha value is -1.67. The van der Waals surface area contributed by atoms with E-state index in [2.05, 4.69) is 10.4 Å². The SMILES string of the molecule is CC1CN(C(=O)C(C)(C)n2cc([N+](=O)[O-])cn2)CCN1.Cl. The van der Waals surface area contributed by atoms with E-state index in [4.69, 9.17) is 0 Å². The molecule has 1 aliphatic heterocycles. The van der Waals surface area contributed by atoms with E-state index in [1.165, 1.54) is 10.9 Å². The summed E-state index contributed by atoms with van der Waals surface area (Å²) in [5.74, 6) is -0.0798. The molecule has 0 aliphatic carbocycles. The standard InChI is InChI=1S/C12H19N5O3.ClH/c1-9-7-15(5-4-13-9)11(18)12(2,3)16-8-10(6-14-16)17(19)20;/h6,8-9,13H,4-5,7H2,1-3H3;1H. The molecule has 1 amide bonds. The van der Waals surface area contributed by atoms with Crippen LogP contribution in [0.4, 0.5) is 5.69 Å². The molecule has 21 heavy (non-hydrogen) atoms. The Morgan fingerprint density at radius 1 is 1.57 bits per heavy atom. The summed E-state index contributed by atoms with van der Waals surface area (Å²) >= 11 is 0. The lowest BCUT2D eigenvalue weighted by Crippen LogP contribution is -2.56. The number of piperazine rings is 1. The van der Waals surface area contributed by atoms with Crippen molar-refractivity contribution >= 4 is 24.0 Å². The number of halogens is 1. The van der Waals surface area contributed by atoms with E-state index < -0.39 is 10.5 Å². The molecule has 0 spiro atoms. The van der Waals surface area contributed by atoms with Crippen LogP contribution in [0.2, 0.25) is 0 Å². The normalized spacial score (nSPS) is 19.0. The molecular weight excluding hydrogens is 298 g/mol. The van der Waals surface area contributed by atoms with Gasteiger partial charge in [-0.25, -0.2) is 0 Å². The number of hydrogen-bond acceptors (Lipinski definition) is 5. The molecule has 1 aromatic rings. The second kappa shape index (κ2) is 6.40. The summed E-state index contributed by atoms with van der Waals surface area (Å²) < 4.78 is 1.36. The summed E-state index contributed by atoms with van der Waals surface area (Å²) in [6.45, 7) is 7.48. The zero-order valence-corrected chi connectivity index (χ0v) is 13.1. The van der Waals surface area contributed by atoms with Gasteiger partial charge in [-0.2, -0.15) is 5.10 Å². The highest BCUT2D eigenvalue weighted by Crippen LogP contribution is 2.21. The van der Waals surface area contributed by atoms with Crippen molar-refractivity contribution in [1.29, 1.82) is 0 Å². The molecule has 0 bridgehead atoms. The van der Waals surface area contributed by atoms with Crippen molar-refractivity contribution in [2.75, 3.05) is 19.6 Å². The number of nitrogens with one attached hydrogen (secondary N) is 1. The Balaban J connectivity index is 0.00000220. The molecule has 9 heteroatoms. The van der Waals surface area contributed by atoms with Crippen molar-refractivity contribution in [3.05, 3.63) is 22.5 Å². The highest BCUT2D eigenvalue weighted by Gasteiger charge is 2.36. The van der Waals surface area contributed by atoms with E-state index in [0.29, 0.717) is 13.1 Å². The van der Waals surface area contributed by atoms with Crippen molar-refractivity contribution < 1.29 is 9.72 Å². The molecule has 0 aromatic carbocycles. The minimum Gasteiger partial charge on any atom is -0.338 e. The van der Waals surface area contributed by atoms with E-state index in [9.17, 15) is 14.9 Å². The van der Waals surface area contributed by atoms with E-state index in [0.717, 1.165) is 12.7 Å². The second-order valence-electron chi connectivity index (χ2n) is 5.57. The second-order valence-corrected chi connectivity index (χ2v) is 5.57. The van der Waals surface area contributed by atoms with Gasteiger partial charge in [0.15, 0.2) is 0 Å². The van der Waals surface area contributed by atoms with Crippen LogP contribution in [0.25, 0.3) is 0 Å². The molecule has 1 N–H and O–H groups in total. The van der Waals surface area contributed by atoms with Gasteiger partial charge < -0.3 is 10.2 Å². The molecule has 118 valence electrons. The largest absolute Gasteiger partial charge is 0.338 e. The number of aromatic nitrogens is 2. The minimum absolute atomic E-state index is 0. The lowest BCUT2D eigenvalue weighted by atomic mass is 10.0. The Bertz CT molecular complexity index is 531. The highest BCUT2D eigenvalue weighted by molar-refractivity contribution is 5.85. The van der Waals surface area contributed by atoms with Gasteiger partial charge in [0.25, 0.3) is 0 Å². The first-order valence-electron chi connectivity index (χ1n) is 6.54. The van der Waals surface area contributed by atoms with Crippen LogP contribution in [0.15, 0.2) is 12.4 Å². The van der Waals surface area contributed by atoms with Gasteiger partial charge in [-0.1, -0.05) is 0 Å². The number of nitrogens with zero attached hydrogens (tertiary/aromatic N) is 4. The van der Waals surface area contributed by atoms with Crippen LogP contribution in [0.5, 0.6) is 0 Å². The molecule has 2 heterocycles.